The van der Waals surface area contributed by atoms with Gasteiger partial charge in [0.15, 0.2) is 0 Å². The van der Waals surface area contributed by atoms with E-state index in [9.17, 15) is 19.6 Å². The first-order valence-corrected chi connectivity index (χ1v) is 9.98. The van der Waals surface area contributed by atoms with Gasteiger partial charge in [-0.15, -0.1) is 0 Å². The zero-order valence-corrected chi connectivity index (χ0v) is 18.1. The zero-order valence-electron chi connectivity index (χ0n) is 17.3. The van der Waals surface area contributed by atoms with Gasteiger partial charge in [0.25, 0.3) is 11.8 Å². The second-order valence-corrected chi connectivity index (χ2v) is 7.30. The molecule has 0 atom stereocenters. The number of imide groups is 1. The van der Waals surface area contributed by atoms with Crippen LogP contribution in [0.2, 0.25) is 5.02 Å². The molecule has 2 heterocycles. The molecule has 1 aromatic carbocycles. The summed E-state index contributed by atoms with van der Waals surface area (Å²) in [5, 5.41) is 18.7. The molecule has 0 saturated carbocycles. The highest BCUT2D eigenvalue weighted by Gasteiger charge is 2.35. The van der Waals surface area contributed by atoms with E-state index in [-0.39, 0.29) is 46.9 Å². The summed E-state index contributed by atoms with van der Waals surface area (Å²) in [7, 11) is 1.25. The molecule has 2 amide bonds. The van der Waals surface area contributed by atoms with E-state index in [1.54, 1.807) is 24.3 Å². The van der Waals surface area contributed by atoms with Gasteiger partial charge in [-0.3, -0.25) is 14.5 Å². The summed E-state index contributed by atoms with van der Waals surface area (Å²) in [6.45, 7) is 1.32. The number of aliphatic hydroxyl groups excluding tert-OH is 1. The number of aliphatic hydroxyl groups is 1. The SMILES string of the molecule is COC(=O)c1cc(-c2ccc(C=C3C(=O)N(CCCO)C(=O)C(C#N)=C3C)o2)ccc1Cl. The lowest BCUT2D eigenvalue weighted by molar-refractivity contribution is -0.140. The van der Waals surface area contributed by atoms with Gasteiger partial charge in [-0.25, -0.2) is 4.79 Å². The van der Waals surface area contributed by atoms with E-state index in [2.05, 4.69) is 0 Å². The van der Waals surface area contributed by atoms with E-state index < -0.39 is 17.8 Å². The number of esters is 1. The van der Waals surface area contributed by atoms with Crippen molar-refractivity contribution in [1.82, 2.24) is 4.90 Å². The largest absolute Gasteiger partial charge is 0.465 e. The highest BCUT2D eigenvalue weighted by Crippen LogP contribution is 2.31. The molecule has 32 heavy (non-hydrogen) atoms. The number of carbonyl (C=O) groups excluding carboxylic acids is 3. The van der Waals surface area contributed by atoms with E-state index >= 15 is 0 Å². The number of hydrogen-bond donors (Lipinski definition) is 1. The lowest BCUT2D eigenvalue weighted by Gasteiger charge is -2.27. The molecular formula is C23H19ClN2O6. The topological polar surface area (TPSA) is 121 Å². The van der Waals surface area contributed by atoms with Crippen molar-refractivity contribution in [2.75, 3.05) is 20.3 Å². The van der Waals surface area contributed by atoms with Crippen LogP contribution in [-0.2, 0) is 14.3 Å². The second kappa shape index (κ2) is 9.64. The lowest BCUT2D eigenvalue weighted by atomic mass is 9.94. The molecule has 2 aromatic rings. The summed E-state index contributed by atoms with van der Waals surface area (Å²) < 4.78 is 10.5. The van der Waals surface area contributed by atoms with Crippen LogP contribution in [0.1, 0.15) is 29.5 Å². The van der Waals surface area contributed by atoms with Crippen LogP contribution < -0.4 is 0 Å². The summed E-state index contributed by atoms with van der Waals surface area (Å²) in [6.07, 6.45) is 1.65. The Kier molecular flexibility index (Phi) is 6.93. The first kappa shape index (κ1) is 23.0. The number of rotatable bonds is 6. The van der Waals surface area contributed by atoms with E-state index in [0.29, 0.717) is 17.1 Å². The molecule has 8 nitrogen and oxygen atoms in total. The first-order chi connectivity index (χ1) is 15.3. The number of carbonyl (C=O) groups is 3. The molecule has 0 aliphatic carbocycles. The number of nitrogens with zero attached hydrogens (tertiary/aromatic N) is 2. The van der Waals surface area contributed by atoms with Crippen molar-refractivity contribution >= 4 is 35.5 Å². The number of methoxy groups -OCH3 is 1. The zero-order chi connectivity index (χ0) is 23.4. The van der Waals surface area contributed by atoms with Gasteiger partial charge < -0.3 is 14.3 Å². The Morgan fingerprint density at radius 1 is 1.28 bits per heavy atom. The highest BCUT2D eigenvalue weighted by atomic mass is 35.5. The van der Waals surface area contributed by atoms with Crippen molar-refractivity contribution in [3.05, 3.63) is 63.4 Å². The predicted molar refractivity (Wildman–Crippen MR) is 115 cm³/mol. The third-order valence-electron chi connectivity index (χ3n) is 4.93. The van der Waals surface area contributed by atoms with Crippen LogP contribution in [0, 0.1) is 11.3 Å². The molecule has 1 aliphatic heterocycles. The van der Waals surface area contributed by atoms with Crippen LogP contribution in [-0.4, -0.2) is 48.1 Å². The van der Waals surface area contributed by atoms with E-state index in [0.717, 1.165) is 4.90 Å². The van der Waals surface area contributed by atoms with Crippen LogP contribution in [0.5, 0.6) is 0 Å². The summed E-state index contributed by atoms with van der Waals surface area (Å²) in [5.74, 6) is -1.12. The summed E-state index contributed by atoms with van der Waals surface area (Å²) in [4.78, 5) is 38.2. The Hall–Kier alpha value is -3.67. The molecule has 0 unspecified atom stereocenters. The summed E-state index contributed by atoms with van der Waals surface area (Å²) in [6, 6.07) is 9.88. The minimum absolute atomic E-state index is 0.00550. The minimum atomic E-state index is -0.683. The van der Waals surface area contributed by atoms with Gasteiger partial charge in [-0.2, -0.15) is 5.26 Å². The number of ether oxygens (including phenoxy) is 1. The average Bonchev–Trinajstić information content (AvgIpc) is 3.25. The molecule has 164 valence electrons. The Balaban J connectivity index is 2.00. The van der Waals surface area contributed by atoms with Crippen molar-refractivity contribution in [2.24, 2.45) is 0 Å². The van der Waals surface area contributed by atoms with Crippen molar-refractivity contribution in [2.45, 2.75) is 13.3 Å². The van der Waals surface area contributed by atoms with Crippen molar-refractivity contribution in [1.29, 1.82) is 5.26 Å². The number of benzene rings is 1. The van der Waals surface area contributed by atoms with Crippen molar-refractivity contribution in [3.8, 4) is 17.4 Å². The Morgan fingerprint density at radius 2 is 2.03 bits per heavy atom. The number of hydrogen-bond acceptors (Lipinski definition) is 7. The van der Waals surface area contributed by atoms with Crippen LogP contribution in [0.15, 0.2) is 51.5 Å². The maximum absolute atomic E-state index is 12.9. The fraction of sp³-hybridized carbons (Fsp3) is 0.217. The number of nitriles is 1. The molecule has 0 saturated heterocycles. The smallest absolute Gasteiger partial charge is 0.339 e. The molecule has 9 heteroatoms. The van der Waals surface area contributed by atoms with Gasteiger partial charge in [-0.05, 0) is 55.3 Å². The minimum Gasteiger partial charge on any atom is -0.465 e. The normalized spacial score (nSPS) is 15.3. The summed E-state index contributed by atoms with van der Waals surface area (Å²) in [5.41, 5.74) is 1.01. The monoisotopic (exact) mass is 454 g/mol. The highest BCUT2D eigenvalue weighted by molar-refractivity contribution is 6.33. The maximum atomic E-state index is 12.9. The van der Waals surface area contributed by atoms with E-state index in [4.69, 9.17) is 25.9 Å². The predicted octanol–water partition coefficient (Wildman–Crippen LogP) is 3.36. The summed E-state index contributed by atoms with van der Waals surface area (Å²) >= 11 is 6.05. The first-order valence-electron chi connectivity index (χ1n) is 9.60. The van der Waals surface area contributed by atoms with Crippen LogP contribution in [0.3, 0.4) is 0 Å². The fourth-order valence-electron chi connectivity index (χ4n) is 3.23. The van der Waals surface area contributed by atoms with Crippen LogP contribution >= 0.6 is 11.6 Å². The molecule has 0 radical (unpaired) electrons. The van der Waals surface area contributed by atoms with Gasteiger partial charge in [-0.1, -0.05) is 11.6 Å². The fourth-order valence-corrected chi connectivity index (χ4v) is 3.43. The number of halogens is 1. The molecule has 1 aromatic heterocycles. The molecule has 3 rings (SSSR count). The van der Waals surface area contributed by atoms with Gasteiger partial charge in [0.05, 0.1) is 17.7 Å². The Labute approximate surface area is 188 Å². The Bertz CT molecular complexity index is 1200. The standard InChI is InChI=1S/C23H19ClN2O6/c1-13-16(21(28)26(8-3-9-27)22(29)18(13)12-25)11-15-5-7-20(32-15)14-4-6-19(24)17(10-14)23(30)31-2/h4-7,10-11,27H,3,8-9H2,1-2H3. The van der Waals surface area contributed by atoms with Crippen molar-refractivity contribution in [3.63, 3.8) is 0 Å². The van der Waals surface area contributed by atoms with E-state index in [1.165, 1.54) is 26.2 Å². The Morgan fingerprint density at radius 3 is 2.69 bits per heavy atom. The third kappa shape index (κ3) is 4.35. The van der Waals surface area contributed by atoms with E-state index in [1.807, 2.05) is 6.07 Å². The second-order valence-electron chi connectivity index (χ2n) is 6.90. The maximum Gasteiger partial charge on any atom is 0.339 e. The molecule has 1 N–H and O–H groups in total. The molecule has 0 fully saturated rings. The van der Waals surface area contributed by atoms with Gasteiger partial charge in [0.2, 0.25) is 0 Å². The lowest BCUT2D eigenvalue weighted by Crippen LogP contribution is -2.43. The van der Waals surface area contributed by atoms with Gasteiger partial charge in [0, 0.05) is 24.3 Å². The quantitative estimate of drug-likeness (QED) is 0.403. The van der Waals surface area contributed by atoms with Gasteiger partial charge in [0.1, 0.15) is 23.2 Å². The molecule has 0 spiro atoms. The van der Waals surface area contributed by atoms with Gasteiger partial charge >= 0.3 is 5.97 Å². The molecular weight excluding hydrogens is 436 g/mol. The molecule has 1 aliphatic rings. The third-order valence-corrected chi connectivity index (χ3v) is 5.26. The number of furan rings is 1. The van der Waals surface area contributed by atoms with Crippen LogP contribution in [0.4, 0.5) is 0 Å². The van der Waals surface area contributed by atoms with Crippen molar-refractivity contribution < 1.29 is 28.6 Å². The average molecular weight is 455 g/mol. The van der Waals surface area contributed by atoms with Crippen LogP contribution in [0.25, 0.3) is 17.4 Å². The number of amides is 2. The molecule has 0 bridgehead atoms.